The van der Waals surface area contributed by atoms with E-state index in [1.54, 1.807) is 11.3 Å². The maximum absolute atomic E-state index is 12.1. The average Bonchev–Trinajstić information content (AvgIpc) is 2.79. The molecule has 0 bridgehead atoms. The maximum atomic E-state index is 12.1. The van der Waals surface area contributed by atoms with Crippen molar-refractivity contribution in [1.29, 1.82) is 0 Å². The molecule has 0 saturated carbocycles. The molecule has 0 aliphatic carbocycles. The molecule has 2 heterocycles. The van der Waals surface area contributed by atoms with E-state index in [1.165, 1.54) is 4.88 Å². The van der Waals surface area contributed by atoms with Crippen LogP contribution in [0.25, 0.3) is 0 Å². The molecule has 0 amide bonds. The fourth-order valence-electron chi connectivity index (χ4n) is 2.50. The second kappa shape index (κ2) is 5.50. The minimum Gasteiger partial charge on any atom is -0.315 e. The number of hydrogen-bond donors (Lipinski definition) is 1. The van der Waals surface area contributed by atoms with Gasteiger partial charge in [-0.1, -0.05) is 12.5 Å². The molecular weight excluding hydrogens is 254 g/mol. The van der Waals surface area contributed by atoms with Crippen molar-refractivity contribution < 1.29 is 8.42 Å². The summed E-state index contributed by atoms with van der Waals surface area (Å²) in [4.78, 5) is 1.25. The molecule has 5 heteroatoms. The van der Waals surface area contributed by atoms with Gasteiger partial charge in [-0.3, -0.25) is 0 Å². The molecule has 1 N–H and O–H groups in total. The lowest BCUT2D eigenvalue weighted by Crippen LogP contribution is -2.46. The zero-order valence-corrected chi connectivity index (χ0v) is 11.7. The van der Waals surface area contributed by atoms with Crippen molar-refractivity contribution in [3.63, 3.8) is 0 Å². The van der Waals surface area contributed by atoms with Crippen molar-refractivity contribution in [2.45, 2.75) is 37.0 Å². The van der Waals surface area contributed by atoms with Crippen LogP contribution in [-0.2, 0) is 16.3 Å². The highest BCUT2D eigenvalue weighted by Gasteiger charge is 2.34. The van der Waals surface area contributed by atoms with Gasteiger partial charge in [0.25, 0.3) is 0 Å². The fourth-order valence-corrected chi connectivity index (χ4v) is 5.43. The number of sulfone groups is 1. The van der Waals surface area contributed by atoms with Gasteiger partial charge in [0.1, 0.15) is 0 Å². The van der Waals surface area contributed by atoms with E-state index < -0.39 is 9.84 Å². The Labute approximate surface area is 107 Å². The first kappa shape index (κ1) is 13.1. The van der Waals surface area contributed by atoms with Crippen molar-refractivity contribution in [1.82, 2.24) is 5.32 Å². The molecule has 3 nitrogen and oxygen atoms in total. The second-order valence-corrected chi connectivity index (χ2v) is 7.95. The Balaban J connectivity index is 2.12. The van der Waals surface area contributed by atoms with Crippen molar-refractivity contribution >= 4 is 21.2 Å². The zero-order chi connectivity index (χ0) is 12.3. The SMILES string of the molecule is CNC(Cc1cccs1)C1CCCCS1(=O)=O. The summed E-state index contributed by atoms with van der Waals surface area (Å²) >= 11 is 1.70. The topological polar surface area (TPSA) is 46.2 Å². The van der Waals surface area contributed by atoms with Crippen LogP contribution in [0, 0.1) is 0 Å². The molecule has 1 aromatic heterocycles. The van der Waals surface area contributed by atoms with Gasteiger partial charge in [0.2, 0.25) is 0 Å². The lowest BCUT2D eigenvalue weighted by molar-refractivity contribution is 0.458. The molecule has 1 aliphatic rings. The van der Waals surface area contributed by atoms with E-state index in [1.807, 2.05) is 18.5 Å². The van der Waals surface area contributed by atoms with Gasteiger partial charge in [0, 0.05) is 10.9 Å². The van der Waals surface area contributed by atoms with E-state index >= 15 is 0 Å². The number of likely N-dealkylation sites (N-methyl/N-ethyl adjacent to an activating group) is 1. The smallest absolute Gasteiger partial charge is 0.154 e. The normalized spacial score (nSPS) is 25.6. The molecular formula is C12H19NO2S2. The van der Waals surface area contributed by atoms with Gasteiger partial charge >= 0.3 is 0 Å². The largest absolute Gasteiger partial charge is 0.315 e. The van der Waals surface area contributed by atoms with E-state index in [4.69, 9.17) is 0 Å². The molecule has 1 aliphatic heterocycles. The van der Waals surface area contributed by atoms with Gasteiger partial charge in [-0.15, -0.1) is 11.3 Å². The van der Waals surface area contributed by atoms with Gasteiger partial charge < -0.3 is 5.32 Å². The summed E-state index contributed by atoms with van der Waals surface area (Å²) in [6.45, 7) is 0. The summed E-state index contributed by atoms with van der Waals surface area (Å²) in [6.07, 6.45) is 3.48. The van der Waals surface area contributed by atoms with Crippen molar-refractivity contribution in [2.75, 3.05) is 12.8 Å². The minimum atomic E-state index is -2.90. The van der Waals surface area contributed by atoms with Crippen LogP contribution in [-0.4, -0.2) is 32.5 Å². The first-order valence-corrected chi connectivity index (χ1v) is 8.64. The Kier molecular flexibility index (Phi) is 4.22. The molecule has 1 aromatic rings. The van der Waals surface area contributed by atoms with E-state index in [2.05, 4.69) is 11.4 Å². The van der Waals surface area contributed by atoms with Crippen molar-refractivity contribution in [3.8, 4) is 0 Å². The van der Waals surface area contributed by atoms with Crippen molar-refractivity contribution in [3.05, 3.63) is 22.4 Å². The third-order valence-corrected chi connectivity index (χ3v) is 6.69. The predicted octanol–water partition coefficient (Wildman–Crippen LogP) is 1.85. The van der Waals surface area contributed by atoms with Crippen LogP contribution in [0.15, 0.2) is 17.5 Å². The third kappa shape index (κ3) is 3.09. The Morgan fingerprint density at radius 2 is 2.35 bits per heavy atom. The molecule has 0 radical (unpaired) electrons. The molecule has 0 spiro atoms. The standard InChI is InChI=1S/C12H19NO2S2/c1-13-11(9-10-5-4-7-16-10)12-6-2-3-8-17(12,14)15/h4-5,7,11-13H,2-3,6,8-9H2,1H3. The number of thiophene rings is 1. The van der Waals surface area contributed by atoms with Crippen LogP contribution in [0.2, 0.25) is 0 Å². The Morgan fingerprint density at radius 3 is 2.94 bits per heavy atom. The molecule has 2 rings (SSSR count). The van der Waals surface area contributed by atoms with Crippen LogP contribution in [0.3, 0.4) is 0 Å². The first-order chi connectivity index (χ1) is 8.13. The Morgan fingerprint density at radius 1 is 1.53 bits per heavy atom. The number of nitrogens with one attached hydrogen (secondary N) is 1. The fraction of sp³-hybridized carbons (Fsp3) is 0.667. The minimum absolute atomic E-state index is 0.0546. The van der Waals surface area contributed by atoms with E-state index in [0.29, 0.717) is 5.75 Å². The summed E-state index contributed by atoms with van der Waals surface area (Å²) in [5.41, 5.74) is 0. The van der Waals surface area contributed by atoms with E-state index in [0.717, 1.165) is 25.7 Å². The number of hydrogen-bond acceptors (Lipinski definition) is 4. The third-order valence-electron chi connectivity index (χ3n) is 3.45. The van der Waals surface area contributed by atoms with Gasteiger partial charge in [-0.25, -0.2) is 8.42 Å². The van der Waals surface area contributed by atoms with Gasteiger partial charge in [-0.2, -0.15) is 0 Å². The summed E-state index contributed by atoms with van der Waals surface area (Å²) in [5.74, 6) is 0.361. The highest BCUT2D eigenvalue weighted by molar-refractivity contribution is 7.92. The molecule has 96 valence electrons. The quantitative estimate of drug-likeness (QED) is 0.910. The molecule has 17 heavy (non-hydrogen) atoms. The lowest BCUT2D eigenvalue weighted by atomic mass is 10.0. The van der Waals surface area contributed by atoms with E-state index in [9.17, 15) is 8.42 Å². The zero-order valence-electron chi connectivity index (χ0n) is 10.1. The summed E-state index contributed by atoms with van der Waals surface area (Å²) in [5, 5.41) is 5.03. The maximum Gasteiger partial charge on any atom is 0.154 e. The van der Waals surface area contributed by atoms with Crippen molar-refractivity contribution in [2.24, 2.45) is 0 Å². The van der Waals surface area contributed by atoms with Crippen LogP contribution < -0.4 is 5.32 Å². The number of rotatable bonds is 4. The Hall–Kier alpha value is -0.390. The monoisotopic (exact) mass is 273 g/mol. The van der Waals surface area contributed by atoms with Crippen LogP contribution >= 0.6 is 11.3 Å². The Bertz CT molecular complexity index is 439. The molecule has 1 saturated heterocycles. The highest BCUT2D eigenvalue weighted by Crippen LogP contribution is 2.25. The van der Waals surface area contributed by atoms with Crippen LogP contribution in [0.4, 0.5) is 0 Å². The molecule has 0 aromatic carbocycles. The van der Waals surface area contributed by atoms with Crippen LogP contribution in [0.5, 0.6) is 0 Å². The highest BCUT2D eigenvalue weighted by atomic mass is 32.2. The lowest BCUT2D eigenvalue weighted by Gasteiger charge is -2.29. The second-order valence-electron chi connectivity index (χ2n) is 4.58. The van der Waals surface area contributed by atoms with Gasteiger partial charge in [0.15, 0.2) is 9.84 Å². The first-order valence-electron chi connectivity index (χ1n) is 6.04. The predicted molar refractivity (Wildman–Crippen MR) is 72.3 cm³/mol. The molecule has 2 unspecified atom stereocenters. The average molecular weight is 273 g/mol. The van der Waals surface area contributed by atoms with Gasteiger partial charge in [-0.05, 0) is 37.8 Å². The molecule has 1 fully saturated rings. The van der Waals surface area contributed by atoms with E-state index in [-0.39, 0.29) is 11.3 Å². The summed E-state index contributed by atoms with van der Waals surface area (Å²) in [7, 11) is -1.03. The summed E-state index contributed by atoms with van der Waals surface area (Å²) in [6, 6.07) is 4.14. The summed E-state index contributed by atoms with van der Waals surface area (Å²) < 4.78 is 24.1. The molecule has 2 atom stereocenters. The van der Waals surface area contributed by atoms with Gasteiger partial charge in [0.05, 0.1) is 11.0 Å². The van der Waals surface area contributed by atoms with Crippen LogP contribution in [0.1, 0.15) is 24.1 Å².